The molecule has 1 radical (unpaired) electrons. The molecule has 0 nitrogen and oxygen atoms in total. The van der Waals surface area contributed by atoms with E-state index < -0.39 is 3.79 Å². The third-order valence-corrected chi connectivity index (χ3v) is 2.19. The molecule has 0 N–H and O–H groups in total. The Kier molecular flexibility index (Phi) is 3.41. The van der Waals surface area contributed by atoms with E-state index in [1.54, 1.807) is 0 Å². The molecule has 0 spiro atoms. The van der Waals surface area contributed by atoms with Gasteiger partial charge in [-0.05, 0) is 12.1 Å². The van der Waals surface area contributed by atoms with Crippen LogP contribution >= 0.6 is 58.0 Å². The van der Waals surface area contributed by atoms with Crippen molar-refractivity contribution < 1.29 is 0 Å². The maximum atomic E-state index is 5.64. The third kappa shape index (κ3) is 2.86. The maximum Gasteiger partial charge on any atom is 0.216 e. The second-order valence-electron chi connectivity index (χ2n) is 2.06. The van der Waals surface area contributed by atoms with E-state index in [0.29, 0.717) is 15.6 Å². The molecule has 1 rings (SSSR count). The van der Waals surface area contributed by atoms with Crippen LogP contribution in [0.2, 0.25) is 10.0 Å². The van der Waals surface area contributed by atoms with E-state index in [-0.39, 0.29) is 0 Å². The van der Waals surface area contributed by atoms with Gasteiger partial charge in [-0.2, -0.15) is 0 Å². The van der Waals surface area contributed by atoms with Gasteiger partial charge in [0.25, 0.3) is 0 Å². The lowest BCUT2D eigenvalue weighted by atomic mass is 10.2. The van der Waals surface area contributed by atoms with Crippen LogP contribution in [0.1, 0.15) is 5.56 Å². The van der Waals surface area contributed by atoms with Crippen LogP contribution in [-0.2, 0) is 3.79 Å². The first-order chi connectivity index (χ1) is 5.39. The molecule has 1 aromatic carbocycles. The monoisotopic (exact) mass is 261 g/mol. The number of hydrogen-bond acceptors (Lipinski definition) is 0. The molecule has 0 bridgehead atoms. The van der Waals surface area contributed by atoms with Crippen molar-refractivity contribution in [3.05, 3.63) is 33.8 Å². The third-order valence-electron chi connectivity index (χ3n) is 1.13. The second kappa shape index (κ2) is 3.81. The van der Waals surface area contributed by atoms with Gasteiger partial charge in [-0.3, -0.25) is 0 Å². The quantitative estimate of drug-likeness (QED) is 0.599. The lowest BCUT2D eigenvalue weighted by molar-refractivity contribution is 1.24. The standard InChI is InChI=1S/C7H2Cl5/c8-5-1-4(7(10,11)12)2-6(9)3-5/h1-2H. The molecule has 65 valence electrons. The van der Waals surface area contributed by atoms with Crippen LogP contribution in [0.4, 0.5) is 0 Å². The van der Waals surface area contributed by atoms with Crippen LogP contribution in [0.5, 0.6) is 0 Å². The number of halogens is 5. The Morgan fingerprint density at radius 1 is 1.00 bits per heavy atom. The second-order valence-corrected chi connectivity index (χ2v) is 5.16. The highest BCUT2D eigenvalue weighted by atomic mass is 35.6. The Morgan fingerprint density at radius 2 is 1.42 bits per heavy atom. The zero-order valence-electron chi connectivity index (χ0n) is 5.54. The van der Waals surface area contributed by atoms with Gasteiger partial charge in [0.1, 0.15) is 0 Å². The summed E-state index contributed by atoms with van der Waals surface area (Å²) in [5, 5.41) is 0.646. The van der Waals surface area contributed by atoms with Crippen LogP contribution in [0.15, 0.2) is 12.1 Å². The Labute approximate surface area is 95.3 Å². The minimum Gasteiger partial charge on any atom is -0.0836 e. The van der Waals surface area contributed by atoms with Crippen molar-refractivity contribution >= 4 is 58.0 Å². The van der Waals surface area contributed by atoms with Gasteiger partial charge in [0.2, 0.25) is 3.79 Å². The molecular weight excluding hydrogens is 261 g/mol. The minimum absolute atomic E-state index is 0.323. The predicted octanol–water partition coefficient (Wildman–Crippen LogP) is 4.62. The molecule has 0 amide bonds. The Balaban J connectivity index is 3.18. The van der Waals surface area contributed by atoms with Gasteiger partial charge in [-0.25, -0.2) is 0 Å². The SMILES string of the molecule is Clc1[c]c(Cl)cc(C(Cl)(Cl)Cl)c1. The summed E-state index contributed by atoms with van der Waals surface area (Å²) >= 11 is 28.1. The van der Waals surface area contributed by atoms with E-state index in [1.807, 2.05) is 0 Å². The van der Waals surface area contributed by atoms with Crippen LogP contribution in [-0.4, -0.2) is 0 Å². The molecule has 12 heavy (non-hydrogen) atoms. The number of benzene rings is 1. The molecule has 0 aliphatic heterocycles. The fraction of sp³-hybridized carbons (Fsp3) is 0.143. The lowest BCUT2D eigenvalue weighted by Crippen LogP contribution is -1.99. The van der Waals surface area contributed by atoms with Gasteiger partial charge in [-0.15, -0.1) is 0 Å². The van der Waals surface area contributed by atoms with Gasteiger partial charge in [0, 0.05) is 11.6 Å². The molecule has 0 heterocycles. The molecule has 5 heteroatoms. The molecule has 0 unspecified atom stereocenters. The number of alkyl halides is 3. The van der Waals surface area contributed by atoms with E-state index in [0.717, 1.165) is 0 Å². The topological polar surface area (TPSA) is 0 Å². The highest BCUT2D eigenvalue weighted by Crippen LogP contribution is 2.39. The summed E-state index contributed by atoms with van der Waals surface area (Å²) in [6.45, 7) is 0. The van der Waals surface area contributed by atoms with Gasteiger partial charge in [0.15, 0.2) is 0 Å². The molecule has 0 atom stereocenters. The highest BCUT2D eigenvalue weighted by molar-refractivity contribution is 6.66. The largest absolute Gasteiger partial charge is 0.216 e. The van der Waals surface area contributed by atoms with Crippen molar-refractivity contribution in [2.24, 2.45) is 0 Å². The summed E-state index contributed by atoms with van der Waals surface area (Å²) in [6, 6.07) is 5.64. The van der Waals surface area contributed by atoms with Gasteiger partial charge in [0.05, 0.1) is 10.0 Å². The van der Waals surface area contributed by atoms with Gasteiger partial charge in [-0.1, -0.05) is 58.0 Å². The molecule has 0 saturated heterocycles. The van der Waals surface area contributed by atoms with E-state index in [9.17, 15) is 0 Å². The number of rotatable bonds is 0. The normalized spacial score (nSPS) is 11.8. The summed E-state index contributed by atoms with van der Waals surface area (Å²) in [4.78, 5) is 0. The fourth-order valence-electron chi connectivity index (χ4n) is 0.665. The van der Waals surface area contributed by atoms with Crippen molar-refractivity contribution in [2.45, 2.75) is 3.79 Å². The molecule has 0 aromatic heterocycles. The Morgan fingerprint density at radius 3 is 1.75 bits per heavy atom. The van der Waals surface area contributed by atoms with Gasteiger partial charge >= 0.3 is 0 Å². The smallest absolute Gasteiger partial charge is 0.0836 e. The first kappa shape index (κ1) is 10.7. The Hall–Kier alpha value is 0.670. The van der Waals surface area contributed by atoms with Crippen LogP contribution in [0.3, 0.4) is 0 Å². The van der Waals surface area contributed by atoms with Crippen molar-refractivity contribution in [3.8, 4) is 0 Å². The zero-order valence-corrected chi connectivity index (χ0v) is 9.32. The fourth-order valence-corrected chi connectivity index (χ4v) is 1.48. The molecule has 0 fully saturated rings. The maximum absolute atomic E-state index is 5.64. The molecule has 0 aliphatic carbocycles. The summed E-state index contributed by atoms with van der Waals surface area (Å²) in [7, 11) is 0. The summed E-state index contributed by atoms with van der Waals surface area (Å²) in [5.74, 6) is 0. The molecular formula is C7H2Cl5. The van der Waals surface area contributed by atoms with Gasteiger partial charge < -0.3 is 0 Å². The van der Waals surface area contributed by atoms with Crippen LogP contribution < -0.4 is 0 Å². The van der Waals surface area contributed by atoms with E-state index in [4.69, 9.17) is 58.0 Å². The van der Waals surface area contributed by atoms with Crippen molar-refractivity contribution in [2.75, 3.05) is 0 Å². The first-order valence-corrected chi connectivity index (χ1v) is 4.74. The summed E-state index contributed by atoms with van der Waals surface area (Å²) in [6.07, 6.45) is 0. The molecule has 1 aromatic rings. The van der Waals surface area contributed by atoms with Crippen LogP contribution in [0.25, 0.3) is 0 Å². The number of hydrogen-bond donors (Lipinski definition) is 0. The average Bonchev–Trinajstić information content (AvgIpc) is 1.82. The Bertz CT molecular complexity index is 268. The molecule has 0 aliphatic rings. The van der Waals surface area contributed by atoms with Crippen molar-refractivity contribution in [1.29, 1.82) is 0 Å². The summed E-state index contributed by atoms with van der Waals surface area (Å²) in [5.41, 5.74) is 0.432. The highest BCUT2D eigenvalue weighted by Gasteiger charge is 2.23. The van der Waals surface area contributed by atoms with E-state index in [2.05, 4.69) is 6.07 Å². The van der Waals surface area contributed by atoms with E-state index >= 15 is 0 Å². The van der Waals surface area contributed by atoms with Crippen LogP contribution in [0, 0.1) is 6.07 Å². The van der Waals surface area contributed by atoms with Crippen molar-refractivity contribution in [1.82, 2.24) is 0 Å². The predicted molar refractivity (Wildman–Crippen MR) is 54.5 cm³/mol. The average molecular weight is 263 g/mol. The summed E-state index contributed by atoms with van der Waals surface area (Å²) < 4.78 is -1.50. The zero-order chi connectivity index (χ0) is 9.35. The lowest BCUT2D eigenvalue weighted by Gasteiger charge is -2.11. The molecule has 0 saturated carbocycles. The van der Waals surface area contributed by atoms with E-state index in [1.165, 1.54) is 12.1 Å². The first-order valence-electron chi connectivity index (χ1n) is 2.85. The minimum atomic E-state index is -1.50. The van der Waals surface area contributed by atoms with Crippen molar-refractivity contribution in [3.63, 3.8) is 0 Å².